The number of allylic oxidation sites excluding steroid dienone is 15. The van der Waals surface area contributed by atoms with Crippen LogP contribution < -0.4 is 0 Å². The Kier molecular flexibility index (Phi) is 65.7. The molecule has 6 nitrogen and oxygen atoms in total. The van der Waals surface area contributed by atoms with Crippen molar-refractivity contribution in [2.45, 2.75) is 348 Å². The fourth-order valence-electron chi connectivity index (χ4n) is 9.94. The molecule has 0 saturated carbocycles. The predicted molar refractivity (Wildman–Crippen MR) is 353 cm³/mol. The lowest BCUT2D eigenvalue weighted by Crippen LogP contribution is -2.30. The van der Waals surface area contributed by atoms with E-state index in [-0.39, 0.29) is 31.6 Å². The monoisotopic (exact) mass is 1130 g/mol. The van der Waals surface area contributed by atoms with Crippen molar-refractivity contribution in [2.75, 3.05) is 13.2 Å². The zero-order chi connectivity index (χ0) is 58.5. The summed E-state index contributed by atoms with van der Waals surface area (Å²) in [6.45, 7) is 6.47. The number of rotatable bonds is 63. The minimum absolute atomic E-state index is 0.0989. The molecule has 0 aromatic rings. The van der Waals surface area contributed by atoms with Crippen molar-refractivity contribution in [3.05, 3.63) is 97.2 Å². The molecule has 0 bridgehead atoms. The van der Waals surface area contributed by atoms with E-state index in [1.807, 2.05) is 6.08 Å². The summed E-state index contributed by atoms with van der Waals surface area (Å²) in [4.78, 5) is 38.3. The first kappa shape index (κ1) is 77.3. The Morgan fingerprint density at radius 3 is 0.815 bits per heavy atom. The molecule has 0 rings (SSSR count). The molecule has 1 unspecified atom stereocenters. The molecule has 0 aromatic carbocycles. The number of carbonyl (C=O) groups is 3. The molecular formula is C75H130O6. The van der Waals surface area contributed by atoms with Gasteiger partial charge in [-0.3, -0.25) is 14.4 Å². The van der Waals surface area contributed by atoms with Gasteiger partial charge in [0.1, 0.15) is 13.2 Å². The van der Waals surface area contributed by atoms with Gasteiger partial charge in [0.15, 0.2) is 6.10 Å². The first-order valence-electron chi connectivity index (χ1n) is 34.7. The molecule has 0 heterocycles. The molecule has 466 valence electrons. The van der Waals surface area contributed by atoms with Crippen LogP contribution in [0, 0.1) is 0 Å². The minimum atomic E-state index is -0.830. The van der Waals surface area contributed by atoms with Crippen LogP contribution in [0.25, 0.3) is 0 Å². The van der Waals surface area contributed by atoms with E-state index in [0.717, 1.165) is 83.5 Å². The van der Waals surface area contributed by atoms with Crippen LogP contribution in [-0.4, -0.2) is 37.2 Å². The molecule has 81 heavy (non-hydrogen) atoms. The Morgan fingerprint density at radius 1 is 0.272 bits per heavy atom. The number of carbonyl (C=O) groups excluding carboxylic acids is 3. The number of hydrogen-bond donors (Lipinski definition) is 0. The maximum atomic E-state index is 12.8. The largest absolute Gasteiger partial charge is 0.462 e. The zero-order valence-electron chi connectivity index (χ0n) is 53.5. The highest BCUT2D eigenvalue weighted by Crippen LogP contribution is 2.17. The van der Waals surface area contributed by atoms with Gasteiger partial charge in [-0.05, 0) is 83.5 Å². The van der Waals surface area contributed by atoms with E-state index in [2.05, 4.69) is 106 Å². The van der Waals surface area contributed by atoms with Crippen LogP contribution in [0.5, 0.6) is 0 Å². The van der Waals surface area contributed by atoms with Crippen LogP contribution in [0.3, 0.4) is 0 Å². The smallest absolute Gasteiger partial charge is 0.310 e. The SMILES string of the molecule is CC/C=C\C/C=C\C/C=C\C/C=C\C/C=C\CC(=O)OC(COC(=O)CCCCCCCCCCCCCCCCC)COC(=O)CCCCCCCCCCCCCCCCCCCC/C=C\C/C=C\C/C=C\CCCCCCC. The van der Waals surface area contributed by atoms with Crippen molar-refractivity contribution in [2.24, 2.45) is 0 Å². The summed E-state index contributed by atoms with van der Waals surface area (Å²) >= 11 is 0. The molecule has 0 amide bonds. The third kappa shape index (κ3) is 67.0. The Bertz CT molecular complexity index is 1580. The van der Waals surface area contributed by atoms with Crippen LogP contribution in [0.4, 0.5) is 0 Å². The molecule has 0 aliphatic rings. The Balaban J connectivity index is 4.21. The number of esters is 3. The molecule has 0 spiro atoms. The van der Waals surface area contributed by atoms with E-state index in [4.69, 9.17) is 14.2 Å². The number of unbranched alkanes of at least 4 members (excludes halogenated alkanes) is 37. The van der Waals surface area contributed by atoms with E-state index in [9.17, 15) is 14.4 Å². The molecule has 1 atom stereocenters. The molecule has 0 N–H and O–H groups in total. The fourth-order valence-corrected chi connectivity index (χ4v) is 9.94. The molecule has 0 radical (unpaired) electrons. The topological polar surface area (TPSA) is 78.9 Å². The van der Waals surface area contributed by atoms with Crippen molar-refractivity contribution in [1.29, 1.82) is 0 Å². The summed E-state index contributed by atoms with van der Waals surface area (Å²) in [5.74, 6) is -1.03. The lowest BCUT2D eigenvalue weighted by Gasteiger charge is -2.18. The van der Waals surface area contributed by atoms with Crippen molar-refractivity contribution in [3.8, 4) is 0 Å². The average Bonchev–Trinajstić information content (AvgIpc) is 3.47. The van der Waals surface area contributed by atoms with Crippen molar-refractivity contribution >= 4 is 17.9 Å². The summed E-state index contributed by atoms with van der Waals surface area (Å²) in [5, 5.41) is 0. The van der Waals surface area contributed by atoms with Gasteiger partial charge >= 0.3 is 17.9 Å². The van der Waals surface area contributed by atoms with Crippen LogP contribution in [0.2, 0.25) is 0 Å². The maximum Gasteiger partial charge on any atom is 0.310 e. The average molecular weight is 1130 g/mol. The van der Waals surface area contributed by atoms with Crippen molar-refractivity contribution < 1.29 is 28.6 Å². The molecular weight excluding hydrogens is 997 g/mol. The van der Waals surface area contributed by atoms with Gasteiger partial charge in [-0.1, -0.05) is 336 Å². The van der Waals surface area contributed by atoms with E-state index in [1.54, 1.807) is 6.08 Å². The molecule has 0 saturated heterocycles. The second-order valence-corrected chi connectivity index (χ2v) is 23.1. The molecule has 0 aliphatic carbocycles. The maximum absolute atomic E-state index is 12.8. The van der Waals surface area contributed by atoms with Crippen LogP contribution in [-0.2, 0) is 28.6 Å². The predicted octanol–water partition coefficient (Wildman–Crippen LogP) is 24.0. The van der Waals surface area contributed by atoms with Gasteiger partial charge in [-0.2, -0.15) is 0 Å². The fraction of sp³-hybridized carbons (Fsp3) is 0.747. The van der Waals surface area contributed by atoms with Gasteiger partial charge in [-0.25, -0.2) is 0 Å². The van der Waals surface area contributed by atoms with Gasteiger partial charge in [0, 0.05) is 12.8 Å². The second-order valence-electron chi connectivity index (χ2n) is 23.1. The van der Waals surface area contributed by atoms with Gasteiger partial charge in [0.25, 0.3) is 0 Å². The standard InChI is InChI=1S/C75H130O6/c1-4-7-10-13-16-19-22-25-28-29-30-31-32-33-34-35-36-37-38-39-40-41-42-43-44-45-48-50-53-56-59-62-65-68-74(77)80-71-72(81-75(78)69-66-63-60-57-54-51-47-27-24-21-18-15-12-9-6-3)70-79-73(76)67-64-61-58-55-52-49-46-26-23-20-17-14-11-8-5-2/h9,12,18,21-22,25,27,29-30,32-33,47,54,57,63,66,72H,4-8,10-11,13-17,19-20,23-24,26,28,31,34-46,48-53,55-56,58-62,64-65,67-71H2,1-3H3/b12-9-,21-18-,25-22-,30-29-,33-32-,47-27-,57-54-,66-63-. The Morgan fingerprint density at radius 2 is 0.519 bits per heavy atom. The lowest BCUT2D eigenvalue weighted by molar-refractivity contribution is -0.166. The van der Waals surface area contributed by atoms with Crippen LogP contribution in [0.1, 0.15) is 342 Å². The first-order chi connectivity index (χ1) is 40.0. The Hall–Kier alpha value is -3.67. The Labute approximate surface area is 502 Å². The summed E-state index contributed by atoms with van der Waals surface area (Å²) in [6, 6.07) is 0. The first-order valence-corrected chi connectivity index (χ1v) is 34.7. The summed E-state index contributed by atoms with van der Waals surface area (Å²) in [5.41, 5.74) is 0. The van der Waals surface area contributed by atoms with Gasteiger partial charge in [-0.15, -0.1) is 0 Å². The highest BCUT2D eigenvalue weighted by molar-refractivity contribution is 5.72. The third-order valence-electron chi connectivity index (χ3n) is 15.1. The number of ether oxygens (including phenoxy) is 3. The van der Waals surface area contributed by atoms with Crippen LogP contribution >= 0.6 is 0 Å². The minimum Gasteiger partial charge on any atom is -0.462 e. The molecule has 0 aromatic heterocycles. The highest BCUT2D eigenvalue weighted by atomic mass is 16.6. The quantitative estimate of drug-likeness (QED) is 0.0261. The van der Waals surface area contributed by atoms with Crippen molar-refractivity contribution in [1.82, 2.24) is 0 Å². The number of hydrogen-bond acceptors (Lipinski definition) is 6. The van der Waals surface area contributed by atoms with E-state index in [1.165, 1.54) is 218 Å². The van der Waals surface area contributed by atoms with Gasteiger partial charge in [0.2, 0.25) is 0 Å². The third-order valence-corrected chi connectivity index (χ3v) is 15.1. The summed E-state index contributed by atoms with van der Waals surface area (Å²) in [7, 11) is 0. The molecule has 0 aliphatic heterocycles. The summed E-state index contributed by atoms with van der Waals surface area (Å²) in [6.07, 6.45) is 93.3. The molecule has 6 heteroatoms. The van der Waals surface area contributed by atoms with Crippen LogP contribution in [0.15, 0.2) is 97.2 Å². The highest BCUT2D eigenvalue weighted by Gasteiger charge is 2.19. The van der Waals surface area contributed by atoms with E-state index in [0.29, 0.717) is 12.8 Å². The molecule has 0 fully saturated rings. The lowest BCUT2D eigenvalue weighted by atomic mass is 10.0. The normalized spacial score (nSPS) is 12.7. The van der Waals surface area contributed by atoms with E-state index >= 15 is 0 Å². The van der Waals surface area contributed by atoms with E-state index < -0.39 is 12.1 Å². The van der Waals surface area contributed by atoms with Crippen molar-refractivity contribution in [3.63, 3.8) is 0 Å². The summed E-state index contributed by atoms with van der Waals surface area (Å²) < 4.78 is 16.8. The second kappa shape index (κ2) is 68.8. The van der Waals surface area contributed by atoms with Gasteiger partial charge in [0.05, 0.1) is 6.42 Å². The zero-order valence-corrected chi connectivity index (χ0v) is 53.5. The van der Waals surface area contributed by atoms with Gasteiger partial charge < -0.3 is 14.2 Å².